The van der Waals surface area contributed by atoms with Gasteiger partial charge in [0.2, 0.25) is 5.91 Å². The average Bonchev–Trinajstić information content (AvgIpc) is 3.70. The first-order chi connectivity index (χ1) is 42.4. The van der Waals surface area contributed by atoms with Crippen LogP contribution >= 0.6 is 7.82 Å². The third-order valence-electron chi connectivity index (χ3n) is 16.3. The van der Waals surface area contributed by atoms with E-state index in [1.54, 1.807) is 0 Å². The molecule has 0 aromatic heterocycles. The first kappa shape index (κ1) is 84.2. The molecule has 0 heterocycles. The first-order valence-corrected chi connectivity index (χ1v) is 38.4. The number of hydrogen-bond donors (Lipinski definition) is 1. The fourth-order valence-electron chi connectivity index (χ4n) is 10.6. The number of rotatable bonds is 67. The molecule has 0 fully saturated rings. The molecule has 87 heavy (non-hydrogen) atoms. The highest BCUT2D eigenvalue weighted by Gasteiger charge is 2.27. The highest BCUT2D eigenvalue weighted by atomic mass is 31.2. The summed E-state index contributed by atoms with van der Waals surface area (Å²) in [6, 6.07) is -0.898. The maximum absolute atomic E-state index is 13.6. The average molecular weight is 1240 g/mol. The zero-order chi connectivity index (χ0) is 63.5. The van der Waals surface area contributed by atoms with Crippen molar-refractivity contribution in [1.29, 1.82) is 0 Å². The van der Waals surface area contributed by atoms with Crippen molar-refractivity contribution in [3.05, 3.63) is 85.1 Å². The van der Waals surface area contributed by atoms with Crippen LogP contribution in [0, 0.1) is 0 Å². The van der Waals surface area contributed by atoms with Crippen LogP contribution in [0.3, 0.4) is 0 Å². The van der Waals surface area contributed by atoms with E-state index in [-0.39, 0.29) is 24.9 Å². The number of nitrogens with one attached hydrogen (secondary N) is 1. The van der Waals surface area contributed by atoms with Crippen LogP contribution in [-0.2, 0) is 27.9 Å². The number of nitrogens with zero attached hydrogens (tertiary/aromatic N) is 1. The lowest BCUT2D eigenvalue weighted by atomic mass is 10.0. The molecular weight excluding hydrogens is 1100 g/mol. The van der Waals surface area contributed by atoms with Crippen molar-refractivity contribution < 1.29 is 37.3 Å². The van der Waals surface area contributed by atoms with E-state index in [1.807, 2.05) is 33.3 Å². The van der Waals surface area contributed by atoms with Gasteiger partial charge >= 0.3 is 5.97 Å². The summed E-state index contributed by atoms with van der Waals surface area (Å²) in [6.07, 6.45) is 88.6. The molecule has 0 spiro atoms. The van der Waals surface area contributed by atoms with E-state index in [0.29, 0.717) is 17.4 Å². The third kappa shape index (κ3) is 67.4. The largest absolute Gasteiger partial charge is 0.756 e. The highest BCUT2D eigenvalue weighted by Crippen LogP contribution is 2.38. The summed E-state index contributed by atoms with van der Waals surface area (Å²) < 4.78 is 30.5. The highest BCUT2D eigenvalue weighted by molar-refractivity contribution is 7.45. The summed E-state index contributed by atoms with van der Waals surface area (Å²) in [5, 5.41) is 3.04. The van der Waals surface area contributed by atoms with E-state index in [9.17, 15) is 19.0 Å². The van der Waals surface area contributed by atoms with Gasteiger partial charge in [-0.1, -0.05) is 305 Å². The third-order valence-corrected chi connectivity index (χ3v) is 17.3. The van der Waals surface area contributed by atoms with Crippen LogP contribution in [0.4, 0.5) is 0 Å². The summed E-state index contributed by atoms with van der Waals surface area (Å²) in [7, 11) is 1.18. The Morgan fingerprint density at radius 1 is 0.402 bits per heavy atom. The monoisotopic (exact) mass is 1240 g/mol. The second-order valence-electron chi connectivity index (χ2n) is 26.1. The Labute approximate surface area is 539 Å². The van der Waals surface area contributed by atoms with Gasteiger partial charge in [0.05, 0.1) is 33.8 Å². The molecule has 0 saturated heterocycles. The van der Waals surface area contributed by atoms with Crippen LogP contribution in [0.15, 0.2) is 85.1 Å². The molecule has 0 radical (unpaired) electrons. The fraction of sp³-hybridized carbons (Fsp3) is 0.792. The van der Waals surface area contributed by atoms with Crippen molar-refractivity contribution in [3.63, 3.8) is 0 Å². The lowest BCUT2D eigenvalue weighted by Gasteiger charge is -2.30. The predicted octanol–water partition coefficient (Wildman–Crippen LogP) is 23.0. The van der Waals surface area contributed by atoms with Gasteiger partial charge in [0.15, 0.2) is 0 Å². The molecule has 506 valence electrons. The lowest BCUT2D eigenvalue weighted by molar-refractivity contribution is -0.870. The van der Waals surface area contributed by atoms with Gasteiger partial charge in [0, 0.05) is 12.8 Å². The van der Waals surface area contributed by atoms with Gasteiger partial charge in [-0.3, -0.25) is 14.2 Å². The molecule has 1 N–H and O–H groups in total. The topological polar surface area (TPSA) is 114 Å². The Morgan fingerprint density at radius 3 is 1.07 bits per heavy atom. The van der Waals surface area contributed by atoms with Crippen LogP contribution in [0.5, 0.6) is 0 Å². The van der Waals surface area contributed by atoms with Crippen molar-refractivity contribution in [2.24, 2.45) is 0 Å². The quantitative estimate of drug-likeness (QED) is 0.0212. The van der Waals surface area contributed by atoms with Gasteiger partial charge in [0.1, 0.15) is 19.3 Å². The molecule has 0 aliphatic carbocycles. The summed E-state index contributed by atoms with van der Waals surface area (Å²) in [4.78, 5) is 40.2. The fourth-order valence-corrected chi connectivity index (χ4v) is 11.3. The summed E-state index contributed by atoms with van der Waals surface area (Å²) in [6.45, 7) is 6.81. The second kappa shape index (κ2) is 66.1. The summed E-state index contributed by atoms with van der Waals surface area (Å²) in [5.41, 5.74) is 0. The molecule has 0 aliphatic rings. The molecule has 0 aromatic carbocycles. The molecule has 0 bridgehead atoms. The van der Waals surface area contributed by atoms with Crippen LogP contribution in [-0.4, -0.2) is 69.4 Å². The number of esters is 1. The zero-order valence-electron chi connectivity index (χ0n) is 58.0. The summed E-state index contributed by atoms with van der Waals surface area (Å²) in [5.74, 6) is -0.545. The van der Waals surface area contributed by atoms with Gasteiger partial charge < -0.3 is 28.5 Å². The van der Waals surface area contributed by atoms with Crippen LogP contribution in [0.25, 0.3) is 0 Å². The number of carbonyl (C=O) groups is 2. The lowest BCUT2D eigenvalue weighted by Crippen LogP contribution is -2.47. The molecule has 0 aromatic rings. The minimum Gasteiger partial charge on any atom is -0.756 e. The molecular formula is C77H141N2O7P. The normalized spacial score (nSPS) is 14.0. The van der Waals surface area contributed by atoms with E-state index in [1.165, 1.54) is 212 Å². The Morgan fingerprint density at radius 2 is 0.701 bits per heavy atom. The van der Waals surface area contributed by atoms with Crippen molar-refractivity contribution in [2.75, 3.05) is 40.9 Å². The van der Waals surface area contributed by atoms with Crippen LogP contribution < -0.4 is 10.2 Å². The number of carbonyl (C=O) groups excluding carboxylic acids is 2. The SMILES string of the molecule is CCCCC/C=C\C/C=C\C/C=C\C/C=C\CCCCCCCCCC(=O)NC(COP(=O)([O-])OCC[N+](C)(C)C)C(/C=C/CCCCCCCCCCC)OC(=O)CCCCCCCCCCCCCCCCCCC/C=C\C/C=C\CCCCC. The number of likely N-dealkylation sites (N-methyl/N-ethyl adjacent to an activating group) is 1. The van der Waals surface area contributed by atoms with Gasteiger partial charge in [-0.05, 0) is 109 Å². The number of amides is 1. The number of phosphoric ester groups is 1. The minimum atomic E-state index is -4.71. The number of hydrogen-bond acceptors (Lipinski definition) is 7. The minimum absolute atomic E-state index is 0.0265. The van der Waals surface area contributed by atoms with Crippen LogP contribution in [0.2, 0.25) is 0 Å². The van der Waals surface area contributed by atoms with Gasteiger partial charge in [-0.15, -0.1) is 0 Å². The van der Waals surface area contributed by atoms with Gasteiger partial charge in [-0.2, -0.15) is 0 Å². The number of unbranched alkanes of at least 4 members (excludes halogenated alkanes) is 39. The van der Waals surface area contributed by atoms with Crippen molar-refractivity contribution in [3.8, 4) is 0 Å². The Balaban J connectivity index is 4.98. The Bertz CT molecular complexity index is 1760. The van der Waals surface area contributed by atoms with Crippen molar-refractivity contribution in [1.82, 2.24) is 5.32 Å². The number of ether oxygens (including phenoxy) is 1. The van der Waals surface area contributed by atoms with E-state index in [2.05, 4.69) is 99.0 Å². The van der Waals surface area contributed by atoms with E-state index < -0.39 is 26.6 Å². The van der Waals surface area contributed by atoms with Crippen molar-refractivity contribution in [2.45, 2.75) is 354 Å². The zero-order valence-corrected chi connectivity index (χ0v) is 58.9. The maximum Gasteiger partial charge on any atom is 0.306 e. The molecule has 3 unspecified atom stereocenters. The standard InChI is InChI=1S/C77H141N2O7P/c1-7-10-13-16-19-22-25-27-29-31-33-35-37-38-39-40-42-44-46-48-50-52-55-58-61-64-67-70-77(81)86-75(68-65-62-59-56-53-24-21-18-15-12-9-3)74(73-85-87(82,83)84-72-71-79(4,5)6)78-76(80)69-66-63-60-57-54-51-49-47-45-43-41-36-34-32-30-28-26-23-20-17-14-11-8-2/h19-20,22-23,27-30,34,36,43,45,65,68,74-75H,7-18,21,24-26,31-33,35,37-42,44,46-64,66-67,69-73H2,1-6H3,(H-,78,80,82,83)/b22-19-,23-20-,29-27-,30-28-,36-34-,45-43-,68-65+. The second-order valence-corrected chi connectivity index (χ2v) is 27.5. The van der Waals surface area contributed by atoms with Crippen LogP contribution in [0.1, 0.15) is 342 Å². The van der Waals surface area contributed by atoms with E-state index in [0.717, 1.165) is 96.3 Å². The maximum atomic E-state index is 13.6. The van der Waals surface area contributed by atoms with E-state index in [4.69, 9.17) is 13.8 Å². The summed E-state index contributed by atoms with van der Waals surface area (Å²) >= 11 is 0. The molecule has 9 nitrogen and oxygen atoms in total. The number of allylic oxidation sites excluding steroid dienone is 13. The molecule has 1 amide bonds. The molecule has 0 saturated carbocycles. The Hall–Kier alpha value is -2.81. The first-order valence-electron chi connectivity index (χ1n) is 36.9. The molecule has 10 heteroatoms. The van der Waals surface area contributed by atoms with Gasteiger partial charge in [-0.25, -0.2) is 0 Å². The number of quaternary nitrogens is 1. The smallest absolute Gasteiger partial charge is 0.306 e. The molecule has 3 atom stereocenters. The number of phosphoric acid groups is 1. The van der Waals surface area contributed by atoms with Crippen molar-refractivity contribution >= 4 is 19.7 Å². The predicted molar refractivity (Wildman–Crippen MR) is 376 cm³/mol. The van der Waals surface area contributed by atoms with Gasteiger partial charge in [0.25, 0.3) is 7.82 Å². The van der Waals surface area contributed by atoms with E-state index >= 15 is 0 Å². The molecule has 0 aliphatic heterocycles. The molecule has 0 rings (SSSR count). The Kier molecular flexibility index (Phi) is 64.0.